The van der Waals surface area contributed by atoms with Gasteiger partial charge in [-0.1, -0.05) is 0 Å². The number of nitrogens with one attached hydrogen (secondary N) is 1. The van der Waals surface area contributed by atoms with Gasteiger partial charge in [0.15, 0.2) is 13.5 Å². The first-order valence-electron chi connectivity index (χ1n) is 3.54. The zero-order chi connectivity index (χ0) is 9.35. The van der Waals surface area contributed by atoms with E-state index in [-0.39, 0.29) is 6.67 Å². The van der Waals surface area contributed by atoms with E-state index in [4.69, 9.17) is 15.3 Å². The first-order valence-corrected chi connectivity index (χ1v) is 3.54. The highest BCUT2D eigenvalue weighted by molar-refractivity contribution is 4.50. The van der Waals surface area contributed by atoms with E-state index in [1.165, 1.54) is 0 Å². The largest absolute Gasteiger partial charge is 0.628 e. The maximum atomic E-state index is 10.9. The summed E-state index contributed by atoms with van der Waals surface area (Å²) in [4.78, 5) is 0. The highest BCUT2D eigenvalue weighted by atomic mass is 16.6. The predicted molar refractivity (Wildman–Crippen MR) is 35.6 cm³/mol. The van der Waals surface area contributed by atoms with Crippen molar-refractivity contribution in [1.29, 1.82) is 0 Å². The molecule has 0 bridgehead atoms. The van der Waals surface area contributed by atoms with E-state index >= 15 is 0 Å². The summed E-state index contributed by atoms with van der Waals surface area (Å²) < 4.78 is -0.583. The minimum atomic E-state index is -1.50. The Morgan fingerprint density at radius 2 is 1.83 bits per heavy atom. The highest BCUT2D eigenvalue weighted by Gasteiger charge is 2.52. The zero-order valence-corrected chi connectivity index (χ0v) is 6.42. The van der Waals surface area contributed by atoms with Crippen LogP contribution in [0.1, 0.15) is 0 Å². The molecule has 0 aromatic carbocycles. The van der Waals surface area contributed by atoms with E-state index < -0.39 is 35.5 Å². The van der Waals surface area contributed by atoms with Crippen LogP contribution in [0.3, 0.4) is 0 Å². The van der Waals surface area contributed by atoms with Gasteiger partial charge in [0, 0.05) is 0 Å². The van der Waals surface area contributed by atoms with Crippen molar-refractivity contribution < 1.29 is 30.0 Å². The van der Waals surface area contributed by atoms with Crippen molar-refractivity contribution in [3.8, 4) is 0 Å². The van der Waals surface area contributed by atoms with E-state index in [1.54, 1.807) is 0 Å². The van der Waals surface area contributed by atoms with E-state index in [1.807, 2.05) is 0 Å². The lowest BCUT2D eigenvalue weighted by molar-refractivity contribution is -1.06. The second kappa shape index (κ2) is 3.23. The van der Waals surface area contributed by atoms with E-state index in [9.17, 15) is 10.3 Å². The van der Waals surface area contributed by atoms with Crippen molar-refractivity contribution in [2.45, 2.75) is 12.5 Å². The molecule has 0 saturated carbocycles. The molecule has 0 aromatic rings. The van der Waals surface area contributed by atoms with Gasteiger partial charge in [-0.25, -0.2) is 4.48 Å². The van der Waals surface area contributed by atoms with Crippen molar-refractivity contribution in [2.75, 3.05) is 20.1 Å². The molecule has 1 rings (SSSR count). The third-order valence-electron chi connectivity index (χ3n) is 2.21. The summed E-state index contributed by atoms with van der Waals surface area (Å²) in [6.45, 7) is -1.38. The van der Waals surface area contributed by atoms with Gasteiger partial charge in [0.2, 0.25) is 6.67 Å². The van der Waals surface area contributed by atoms with Gasteiger partial charge in [0.1, 0.15) is 0 Å². The molecule has 0 amide bonds. The van der Waals surface area contributed by atoms with Gasteiger partial charge in [0.25, 0.3) is 12.5 Å². The van der Waals surface area contributed by atoms with Crippen molar-refractivity contribution >= 4 is 0 Å². The summed E-state index contributed by atoms with van der Waals surface area (Å²) in [5.41, 5.74) is 0. The van der Waals surface area contributed by atoms with Crippen LogP contribution in [0, 0.1) is 5.21 Å². The molecule has 3 atom stereocenters. The maximum absolute atomic E-state index is 10.9. The number of hydrogen-bond acceptors (Lipinski definition) is 5. The molecule has 7 nitrogen and oxygen atoms in total. The minimum Gasteiger partial charge on any atom is -0.628 e. The van der Waals surface area contributed by atoms with Gasteiger partial charge in [-0.15, -0.1) is 0 Å². The van der Waals surface area contributed by atoms with Gasteiger partial charge in [-0.3, -0.25) is 5.06 Å². The molecular weight excluding hydrogens is 168 g/mol. The number of hydrogen-bond donors (Lipinski definition) is 5. The Bertz CT molecular complexity index is 162. The number of aliphatic hydroxyl groups excluding tert-OH is 4. The number of rotatable bonds is 2. The molecule has 3 unspecified atom stereocenters. The topological polar surface area (TPSA) is 108 Å². The SMILES string of the molecule is [O-][NH+]1C[N+](CO)(CO)C(O)C1O. The lowest BCUT2D eigenvalue weighted by Crippen LogP contribution is -3.10. The van der Waals surface area contributed by atoms with Crippen molar-refractivity contribution in [3.63, 3.8) is 0 Å². The van der Waals surface area contributed by atoms with Gasteiger partial charge in [0.05, 0.1) is 0 Å². The minimum absolute atomic E-state index is 0.241. The second-order valence-corrected chi connectivity index (χ2v) is 2.98. The van der Waals surface area contributed by atoms with Crippen LogP contribution >= 0.6 is 0 Å². The quantitative estimate of drug-likeness (QED) is 0.219. The fraction of sp³-hybridized carbons (Fsp3) is 1.00. The number of aliphatic hydroxyl groups is 4. The Labute approximate surface area is 68.8 Å². The summed E-state index contributed by atoms with van der Waals surface area (Å²) in [5.74, 6) is 0. The van der Waals surface area contributed by atoms with Gasteiger partial charge in [-0.05, 0) is 0 Å². The Morgan fingerprint density at radius 1 is 1.33 bits per heavy atom. The molecule has 5 N–H and O–H groups in total. The van der Waals surface area contributed by atoms with Crippen LogP contribution in [0.4, 0.5) is 0 Å². The van der Waals surface area contributed by atoms with E-state index in [0.29, 0.717) is 0 Å². The van der Waals surface area contributed by atoms with Crippen LogP contribution in [-0.4, -0.2) is 57.5 Å². The Kier molecular flexibility index (Phi) is 2.64. The normalized spacial score (nSPS) is 40.2. The lowest BCUT2D eigenvalue weighted by Gasteiger charge is -2.28. The van der Waals surface area contributed by atoms with Gasteiger partial charge in [-0.2, -0.15) is 0 Å². The van der Waals surface area contributed by atoms with E-state index in [2.05, 4.69) is 0 Å². The van der Waals surface area contributed by atoms with Crippen molar-refractivity contribution in [3.05, 3.63) is 5.21 Å². The first-order chi connectivity index (χ1) is 5.57. The average Bonchev–Trinajstić information content (AvgIpc) is 2.30. The Balaban J connectivity index is 2.79. The Morgan fingerprint density at radius 3 is 2.00 bits per heavy atom. The van der Waals surface area contributed by atoms with E-state index in [0.717, 1.165) is 0 Å². The zero-order valence-electron chi connectivity index (χ0n) is 6.42. The third-order valence-corrected chi connectivity index (χ3v) is 2.21. The maximum Gasteiger partial charge on any atom is 0.280 e. The lowest BCUT2D eigenvalue weighted by atomic mass is 10.4. The highest BCUT2D eigenvalue weighted by Crippen LogP contribution is 2.13. The molecule has 1 aliphatic rings. The monoisotopic (exact) mass is 181 g/mol. The summed E-state index contributed by atoms with van der Waals surface area (Å²) in [7, 11) is 0. The molecule has 1 heterocycles. The fourth-order valence-corrected chi connectivity index (χ4v) is 1.28. The van der Waals surface area contributed by atoms with Crippen LogP contribution in [0.5, 0.6) is 0 Å². The smallest absolute Gasteiger partial charge is 0.280 e. The molecule has 12 heavy (non-hydrogen) atoms. The van der Waals surface area contributed by atoms with Crippen molar-refractivity contribution in [2.24, 2.45) is 0 Å². The summed E-state index contributed by atoms with van der Waals surface area (Å²) in [5, 5.41) is 46.2. The summed E-state index contributed by atoms with van der Waals surface area (Å²) >= 11 is 0. The average molecular weight is 181 g/mol. The number of hydroxylamine groups is 2. The Hall–Kier alpha value is -0.280. The summed E-state index contributed by atoms with van der Waals surface area (Å²) in [6.07, 6.45) is -2.92. The molecule has 0 spiro atoms. The van der Waals surface area contributed by atoms with Crippen LogP contribution < -0.4 is 5.06 Å². The molecule has 72 valence electrons. The standard InChI is InChI=1S/C5H13N2O5/c8-2-7(3-9)1-6(12)4(10)5(7)11/h4-6,8-11H,1-3H2/q+1. The van der Waals surface area contributed by atoms with Gasteiger partial charge < -0.3 is 25.6 Å². The third kappa shape index (κ3) is 1.21. The molecule has 1 saturated heterocycles. The molecule has 0 aromatic heterocycles. The van der Waals surface area contributed by atoms with Crippen LogP contribution in [0.2, 0.25) is 0 Å². The fourth-order valence-electron chi connectivity index (χ4n) is 1.28. The molecule has 7 heteroatoms. The van der Waals surface area contributed by atoms with Crippen LogP contribution in [0.25, 0.3) is 0 Å². The van der Waals surface area contributed by atoms with Crippen molar-refractivity contribution in [1.82, 2.24) is 0 Å². The molecule has 0 radical (unpaired) electrons. The summed E-state index contributed by atoms with van der Waals surface area (Å²) in [6, 6.07) is 0. The molecule has 1 aliphatic heterocycles. The molecular formula is C5H13N2O5+. The van der Waals surface area contributed by atoms with Gasteiger partial charge >= 0.3 is 0 Å². The number of quaternary nitrogens is 2. The van der Waals surface area contributed by atoms with Crippen LogP contribution in [-0.2, 0) is 0 Å². The number of nitrogens with zero attached hydrogens (tertiary/aromatic N) is 1. The molecule has 0 aliphatic carbocycles. The first kappa shape index (κ1) is 9.81. The predicted octanol–water partition coefficient (Wildman–Crippen LogP) is -4.31. The van der Waals surface area contributed by atoms with Crippen LogP contribution in [0.15, 0.2) is 0 Å². The molecule has 1 fully saturated rings. The second-order valence-electron chi connectivity index (χ2n) is 2.98.